The normalized spacial score (nSPS) is 35.9. The van der Waals surface area contributed by atoms with Crippen LogP contribution in [-0.2, 0) is 47.5 Å². The number of alkyl carbamates (subject to hydrolysis) is 1. The van der Waals surface area contributed by atoms with E-state index < -0.39 is 119 Å². The topological polar surface area (TPSA) is 223 Å². The van der Waals surface area contributed by atoms with Gasteiger partial charge in [-0.1, -0.05) is 69.3 Å². The second-order valence-electron chi connectivity index (χ2n) is 18.5. The largest absolute Gasteiger partial charge is 0.456 e. The molecule has 2 saturated heterocycles. The Hall–Kier alpha value is -4.71. The fourth-order valence-electron chi connectivity index (χ4n) is 10.5. The van der Waals surface area contributed by atoms with Gasteiger partial charge in [0.1, 0.15) is 35.6 Å². The SMILES string of the molecule is CC(=O)O[C@@]12COC1C[C@H](O)[C@@]1(C)[C@@H]3OC(C=O)O[C@@H]3C3=C(C)[C@@H](OC(=O)[C@H](O)[C@@H](NC(=O)OC(C)(C)C)c4ccccc4)C[C@@](O)([C@@H](OC(=O)c4ccccc4)[C@@H]12)C3(C)C. The average molecular weight is 850 g/mol. The quantitative estimate of drug-likeness (QED) is 0.122. The van der Waals surface area contributed by atoms with E-state index in [1.807, 2.05) is 0 Å². The second kappa shape index (κ2) is 15.9. The van der Waals surface area contributed by atoms with Gasteiger partial charge in [-0.05, 0) is 56.5 Å². The lowest BCUT2D eigenvalue weighted by atomic mass is 9.44. The van der Waals surface area contributed by atoms with Crippen molar-refractivity contribution in [2.75, 3.05) is 6.61 Å². The average Bonchev–Trinajstić information content (AvgIpc) is 3.62. The molecular weight excluding hydrogens is 794 g/mol. The lowest BCUT2D eigenvalue weighted by Crippen LogP contribution is -2.82. The van der Waals surface area contributed by atoms with Crippen LogP contribution in [-0.4, -0.2) is 118 Å². The Morgan fingerprint density at radius 3 is 2.18 bits per heavy atom. The van der Waals surface area contributed by atoms with Gasteiger partial charge in [0.2, 0.25) is 6.29 Å². The number of carbonyl (C=O) groups excluding carboxylic acids is 5. The van der Waals surface area contributed by atoms with Crippen LogP contribution in [0.25, 0.3) is 0 Å². The first-order chi connectivity index (χ1) is 28.6. The second-order valence-corrected chi connectivity index (χ2v) is 18.5. The first-order valence-electron chi connectivity index (χ1n) is 20.5. The Labute approximate surface area is 353 Å². The van der Waals surface area contributed by atoms with Gasteiger partial charge in [0.15, 0.2) is 18.0 Å². The highest BCUT2D eigenvalue weighted by Crippen LogP contribution is 2.66. The van der Waals surface area contributed by atoms with Crippen LogP contribution in [0.3, 0.4) is 0 Å². The summed E-state index contributed by atoms with van der Waals surface area (Å²) in [5.74, 6) is -4.03. The molecule has 0 spiro atoms. The number of aliphatic hydroxyl groups excluding tert-OH is 2. The highest BCUT2D eigenvalue weighted by Gasteiger charge is 2.79. The van der Waals surface area contributed by atoms with Crippen molar-refractivity contribution >= 4 is 30.3 Å². The van der Waals surface area contributed by atoms with Gasteiger partial charge in [-0.15, -0.1) is 0 Å². The number of aldehydes is 1. The minimum atomic E-state index is -2.25. The minimum Gasteiger partial charge on any atom is -0.456 e. The molecule has 0 radical (unpaired) electrons. The molecule has 2 aliphatic heterocycles. The maximum atomic E-state index is 14.3. The monoisotopic (exact) mass is 849 g/mol. The number of rotatable bonds is 9. The number of aliphatic hydroxyl groups is 3. The number of hydrogen-bond donors (Lipinski definition) is 4. The number of esters is 3. The van der Waals surface area contributed by atoms with E-state index in [4.69, 9.17) is 33.2 Å². The summed E-state index contributed by atoms with van der Waals surface area (Å²) in [4.78, 5) is 67.2. The van der Waals surface area contributed by atoms with E-state index in [9.17, 15) is 39.3 Å². The third-order valence-corrected chi connectivity index (χ3v) is 13.4. The molecule has 5 aliphatic rings. The van der Waals surface area contributed by atoms with E-state index in [1.165, 1.54) is 19.1 Å². The summed E-state index contributed by atoms with van der Waals surface area (Å²) in [6, 6.07) is 15.0. The summed E-state index contributed by atoms with van der Waals surface area (Å²) in [5.41, 5.74) is -6.61. The third kappa shape index (κ3) is 7.44. The predicted molar refractivity (Wildman–Crippen MR) is 212 cm³/mol. The number of amides is 1. The molecule has 330 valence electrons. The molecule has 2 heterocycles. The third-order valence-electron chi connectivity index (χ3n) is 13.4. The minimum absolute atomic E-state index is 0.0458. The van der Waals surface area contributed by atoms with Crippen LogP contribution in [0, 0.1) is 16.7 Å². The zero-order valence-electron chi connectivity index (χ0n) is 35.5. The van der Waals surface area contributed by atoms with Gasteiger partial charge in [0.05, 0.1) is 36.3 Å². The molecule has 2 aromatic rings. The maximum absolute atomic E-state index is 14.3. The number of nitrogens with one attached hydrogen (secondary N) is 1. The van der Waals surface area contributed by atoms with E-state index in [1.54, 1.807) is 97.0 Å². The molecule has 0 aromatic heterocycles. The van der Waals surface area contributed by atoms with Crippen molar-refractivity contribution in [1.29, 1.82) is 0 Å². The Kier molecular flexibility index (Phi) is 11.5. The van der Waals surface area contributed by atoms with Gasteiger partial charge in [0, 0.05) is 30.6 Å². The van der Waals surface area contributed by atoms with Crippen molar-refractivity contribution in [3.63, 3.8) is 0 Å². The van der Waals surface area contributed by atoms with Gasteiger partial charge >= 0.3 is 24.0 Å². The maximum Gasteiger partial charge on any atom is 0.408 e. The van der Waals surface area contributed by atoms with Gasteiger partial charge in [0.25, 0.3) is 0 Å². The molecule has 2 unspecified atom stereocenters. The van der Waals surface area contributed by atoms with Gasteiger partial charge < -0.3 is 53.8 Å². The van der Waals surface area contributed by atoms with Crippen LogP contribution in [0.1, 0.15) is 90.2 Å². The molecule has 7 rings (SSSR count). The zero-order chi connectivity index (χ0) is 44.4. The van der Waals surface area contributed by atoms with Crippen LogP contribution in [0.4, 0.5) is 4.79 Å². The number of hydrogen-bond acceptors (Lipinski definition) is 15. The van der Waals surface area contributed by atoms with E-state index >= 15 is 0 Å². The molecular formula is C45H55NO15. The number of ether oxygens (including phenoxy) is 7. The summed E-state index contributed by atoms with van der Waals surface area (Å²) < 4.78 is 43.0. The van der Waals surface area contributed by atoms with Crippen molar-refractivity contribution in [1.82, 2.24) is 5.32 Å². The van der Waals surface area contributed by atoms with E-state index in [2.05, 4.69) is 5.32 Å². The summed E-state index contributed by atoms with van der Waals surface area (Å²) >= 11 is 0. The van der Waals surface area contributed by atoms with E-state index in [-0.39, 0.29) is 18.6 Å². The standard InChI is InChI=1S/C45H55NO15/c1-23-27(56-39(52)33(50)32(25-15-11-9-12-16-25)46-40(53)61-41(3,4)5)20-45(54)37(59-38(51)26-17-13-10-14-18-26)35-43(8,28(49)19-29-44(35,22-55-29)60-24(2)48)36-34(31(23)42(45,6)7)57-30(21-47)58-36/h9-18,21,27-30,32-37,49-50,54H,19-20,22H2,1-8H3,(H,46,53)/t27-,28-,29?,30?,32-,33+,34+,35-,36+,37-,43+,44-,45+/m0/s1. The molecule has 3 aliphatic carbocycles. The predicted octanol–water partition coefficient (Wildman–Crippen LogP) is 3.64. The Morgan fingerprint density at radius 1 is 0.967 bits per heavy atom. The smallest absolute Gasteiger partial charge is 0.408 e. The van der Waals surface area contributed by atoms with Crippen LogP contribution in [0.5, 0.6) is 0 Å². The van der Waals surface area contributed by atoms with E-state index in [0.717, 1.165) is 0 Å². The molecule has 4 N–H and O–H groups in total. The van der Waals surface area contributed by atoms with Crippen molar-refractivity contribution in [3.05, 3.63) is 82.9 Å². The van der Waals surface area contributed by atoms with Crippen molar-refractivity contribution in [3.8, 4) is 0 Å². The van der Waals surface area contributed by atoms with Gasteiger partial charge in [-0.3, -0.25) is 9.59 Å². The van der Waals surface area contributed by atoms with Crippen molar-refractivity contribution < 1.29 is 72.5 Å². The lowest BCUT2D eigenvalue weighted by Gasteiger charge is -2.68. The fourth-order valence-corrected chi connectivity index (χ4v) is 10.5. The summed E-state index contributed by atoms with van der Waals surface area (Å²) in [5, 5.41) is 40.3. The Bertz CT molecular complexity index is 2070. The van der Waals surface area contributed by atoms with Crippen LogP contribution < -0.4 is 5.32 Å². The molecule has 16 nitrogen and oxygen atoms in total. The number of benzene rings is 2. The molecule has 61 heavy (non-hydrogen) atoms. The summed E-state index contributed by atoms with van der Waals surface area (Å²) in [6.45, 7) is 12.7. The molecule has 2 saturated carbocycles. The van der Waals surface area contributed by atoms with Crippen LogP contribution in [0.15, 0.2) is 71.8 Å². The van der Waals surface area contributed by atoms with E-state index in [0.29, 0.717) is 23.0 Å². The zero-order valence-corrected chi connectivity index (χ0v) is 35.5. The highest BCUT2D eigenvalue weighted by molar-refractivity contribution is 5.89. The number of carbonyl (C=O) groups is 5. The highest BCUT2D eigenvalue weighted by atomic mass is 16.7. The van der Waals surface area contributed by atoms with Crippen LogP contribution >= 0.6 is 0 Å². The van der Waals surface area contributed by atoms with Crippen molar-refractivity contribution in [2.45, 2.75) is 140 Å². The molecule has 13 atom stereocenters. The summed E-state index contributed by atoms with van der Waals surface area (Å²) in [6.07, 6.45) is -12.0. The molecule has 2 aromatic carbocycles. The lowest BCUT2D eigenvalue weighted by molar-refractivity contribution is -0.361. The van der Waals surface area contributed by atoms with Gasteiger partial charge in [-0.25, -0.2) is 14.4 Å². The Morgan fingerprint density at radius 2 is 1.61 bits per heavy atom. The Balaban J connectivity index is 1.39. The molecule has 1 amide bonds. The first kappa shape index (κ1) is 44.3. The fraction of sp³-hybridized carbons (Fsp3) is 0.578. The first-order valence-corrected chi connectivity index (χ1v) is 20.5. The van der Waals surface area contributed by atoms with Gasteiger partial charge in [-0.2, -0.15) is 0 Å². The summed E-state index contributed by atoms with van der Waals surface area (Å²) in [7, 11) is 0. The molecule has 4 fully saturated rings. The molecule has 2 bridgehead atoms. The number of fused-ring (bicyclic) bond motifs is 8. The van der Waals surface area contributed by atoms with Crippen molar-refractivity contribution in [2.24, 2.45) is 16.7 Å². The molecule has 16 heteroatoms. The van der Waals surface area contributed by atoms with Crippen LogP contribution in [0.2, 0.25) is 0 Å².